The summed E-state index contributed by atoms with van der Waals surface area (Å²) in [5.41, 5.74) is 0. The summed E-state index contributed by atoms with van der Waals surface area (Å²) < 4.78 is 0. The Kier molecular flexibility index (Phi) is 5.97. The molecule has 2 heterocycles. The van der Waals surface area contributed by atoms with Crippen LogP contribution in [-0.4, -0.2) is 62.2 Å². The molecule has 0 spiro atoms. The van der Waals surface area contributed by atoms with Crippen LogP contribution in [0.3, 0.4) is 0 Å². The Balaban J connectivity index is 1.47. The third kappa shape index (κ3) is 4.62. The molecule has 16 heavy (non-hydrogen) atoms. The summed E-state index contributed by atoms with van der Waals surface area (Å²) in [4.78, 5) is 2.59. The number of nitrogens with one attached hydrogen (secondary N) is 2. The van der Waals surface area contributed by atoms with E-state index in [0.717, 1.165) is 5.92 Å². The number of nitrogens with zero attached hydrogens (tertiary/aromatic N) is 1. The number of piperidine rings is 1. The molecular formula is C12H25N3S. The minimum absolute atomic E-state index is 0.915. The molecule has 4 heteroatoms. The van der Waals surface area contributed by atoms with Crippen LogP contribution >= 0.6 is 11.8 Å². The van der Waals surface area contributed by atoms with E-state index >= 15 is 0 Å². The van der Waals surface area contributed by atoms with Crippen LogP contribution < -0.4 is 10.6 Å². The second-order valence-electron chi connectivity index (χ2n) is 4.85. The minimum Gasteiger partial charge on any atom is -0.317 e. The van der Waals surface area contributed by atoms with Gasteiger partial charge in [0.25, 0.3) is 0 Å². The Labute approximate surface area is 104 Å². The molecule has 2 N–H and O–H groups in total. The van der Waals surface area contributed by atoms with Crippen molar-refractivity contribution in [3.63, 3.8) is 0 Å². The maximum Gasteiger partial charge on any atom is 0.0107 e. The topological polar surface area (TPSA) is 27.3 Å². The smallest absolute Gasteiger partial charge is 0.0107 e. The van der Waals surface area contributed by atoms with Gasteiger partial charge in [0.05, 0.1) is 0 Å². The lowest BCUT2D eigenvalue weighted by atomic mass is 9.98. The first kappa shape index (κ1) is 12.7. The van der Waals surface area contributed by atoms with E-state index in [4.69, 9.17) is 0 Å². The van der Waals surface area contributed by atoms with Gasteiger partial charge >= 0.3 is 0 Å². The van der Waals surface area contributed by atoms with E-state index in [-0.39, 0.29) is 0 Å². The Morgan fingerprint density at radius 1 is 1.19 bits per heavy atom. The van der Waals surface area contributed by atoms with Gasteiger partial charge in [-0.15, -0.1) is 0 Å². The number of rotatable bonds is 5. The molecule has 2 aliphatic heterocycles. The average molecular weight is 243 g/mol. The van der Waals surface area contributed by atoms with Gasteiger partial charge < -0.3 is 15.5 Å². The fraction of sp³-hybridized carbons (Fsp3) is 1.00. The third-order valence-electron chi connectivity index (χ3n) is 3.60. The van der Waals surface area contributed by atoms with Gasteiger partial charge in [0.2, 0.25) is 0 Å². The number of thioether (sulfide) groups is 1. The molecule has 2 saturated heterocycles. The zero-order chi connectivity index (χ0) is 11.1. The fourth-order valence-corrected chi connectivity index (χ4v) is 3.43. The van der Waals surface area contributed by atoms with Gasteiger partial charge in [-0.05, 0) is 38.4 Å². The second-order valence-corrected chi connectivity index (χ2v) is 6.08. The van der Waals surface area contributed by atoms with Crippen LogP contribution in [-0.2, 0) is 0 Å². The third-order valence-corrected chi connectivity index (χ3v) is 4.54. The van der Waals surface area contributed by atoms with E-state index in [0.29, 0.717) is 0 Å². The van der Waals surface area contributed by atoms with Gasteiger partial charge in [0.1, 0.15) is 0 Å². The fourth-order valence-electron chi connectivity index (χ4n) is 2.45. The summed E-state index contributed by atoms with van der Waals surface area (Å²) in [7, 11) is 0. The molecule has 0 aliphatic carbocycles. The Bertz CT molecular complexity index is 157. The lowest BCUT2D eigenvalue weighted by Crippen LogP contribution is -2.40. The van der Waals surface area contributed by atoms with Crippen molar-refractivity contribution < 1.29 is 0 Å². The van der Waals surface area contributed by atoms with Crippen LogP contribution in [0.4, 0.5) is 0 Å². The van der Waals surface area contributed by atoms with E-state index in [1.54, 1.807) is 0 Å². The van der Waals surface area contributed by atoms with Crippen molar-refractivity contribution in [1.29, 1.82) is 0 Å². The van der Waals surface area contributed by atoms with Gasteiger partial charge in [-0.1, -0.05) is 0 Å². The molecule has 2 aliphatic rings. The molecular weight excluding hydrogens is 218 g/mol. The molecule has 0 atom stereocenters. The summed E-state index contributed by atoms with van der Waals surface area (Å²) in [5, 5.41) is 7.04. The van der Waals surface area contributed by atoms with Crippen LogP contribution in [0.25, 0.3) is 0 Å². The minimum atomic E-state index is 0.915. The predicted molar refractivity (Wildman–Crippen MR) is 72.2 cm³/mol. The lowest BCUT2D eigenvalue weighted by molar-refractivity contribution is 0.291. The molecule has 0 bridgehead atoms. The molecule has 0 unspecified atom stereocenters. The number of hydrogen-bond acceptors (Lipinski definition) is 4. The summed E-state index contributed by atoms with van der Waals surface area (Å²) in [6.45, 7) is 8.66. The first-order chi connectivity index (χ1) is 7.95. The largest absolute Gasteiger partial charge is 0.317 e. The van der Waals surface area contributed by atoms with Crippen molar-refractivity contribution in [2.24, 2.45) is 5.92 Å². The molecule has 2 fully saturated rings. The van der Waals surface area contributed by atoms with Crippen molar-refractivity contribution >= 4 is 11.8 Å². The zero-order valence-corrected chi connectivity index (χ0v) is 11.0. The predicted octanol–water partition coefficient (Wildman–Crippen LogP) is 0.624. The van der Waals surface area contributed by atoms with Crippen molar-refractivity contribution in [3.8, 4) is 0 Å². The van der Waals surface area contributed by atoms with Crippen LogP contribution in [0.1, 0.15) is 12.8 Å². The van der Waals surface area contributed by atoms with Crippen LogP contribution in [0.2, 0.25) is 0 Å². The first-order valence-corrected chi connectivity index (χ1v) is 7.82. The summed E-state index contributed by atoms with van der Waals surface area (Å²) in [6.07, 6.45) is 2.71. The molecule has 0 aromatic rings. The maximum absolute atomic E-state index is 3.63. The van der Waals surface area contributed by atoms with Crippen LogP contribution in [0, 0.1) is 5.92 Å². The monoisotopic (exact) mass is 243 g/mol. The molecule has 2 rings (SSSR count). The Morgan fingerprint density at radius 2 is 1.94 bits per heavy atom. The SMILES string of the molecule is C1CC(CNCCN2CCSCC2)CCN1. The van der Waals surface area contributed by atoms with Crippen molar-refractivity contribution in [3.05, 3.63) is 0 Å². The normalized spacial score (nSPS) is 24.8. The van der Waals surface area contributed by atoms with Gasteiger partial charge in [-0.2, -0.15) is 11.8 Å². The van der Waals surface area contributed by atoms with E-state index in [1.165, 1.54) is 70.2 Å². The molecule has 0 saturated carbocycles. The first-order valence-electron chi connectivity index (χ1n) is 6.66. The Hall–Kier alpha value is 0.230. The van der Waals surface area contributed by atoms with Crippen molar-refractivity contribution in [2.45, 2.75) is 12.8 Å². The summed E-state index contributed by atoms with van der Waals surface area (Å²) in [6, 6.07) is 0. The van der Waals surface area contributed by atoms with Gasteiger partial charge in [-0.25, -0.2) is 0 Å². The molecule has 0 amide bonds. The van der Waals surface area contributed by atoms with Gasteiger partial charge in [-0.3, -0.25) is 0 Å². The molecule has 0 aromatic heterocycles. The highest BCUT2D eigenvalue weighted by Gasteiger charge is 2.13. The zero-order valence-electron chi connectivity index (χ0n) is 10.2. The molecule has 0 radical (unpaired) electrons. The van der Waals surface area contributed by atoms with E-state index < -0.39 is 0 Å². The molecule has 3 nitrogen and oxygen atoms in total. The highest BCUT2D eigenvalue weighted by Crippen LogP contribution is 2.10. The van der Waals surface area contributed by atoms with Crippen molar-refractivity contribution in [2.75, 3.05) is 57.3 Å². The quantitative estimate of drug-likeness (QED) is 0.693. The molecule has 94 valence electrons. The highest BCUT2D eigenvalue weighted by molar-refractivity contribution is 7.99. The summed E-state index contributed by atoms with van der Waals surface area (Å²) in [5.74, 6) is 3.57. The maximum atomic E-state index is 3.63. The second kappa shape index (κ2) is 7.54. The van der Waals surface area contributed by atoms with Gasteiger partial charge in [0, 0.05) is 37.7 Å². The van der Waals surface area contributed by atoms with Gasteiger partial charge in [0.15, 0.2) is 0 Å². The van der Waals surface area contributed by atoms with E-state index in [2.05, 4.69) is 27.3 Å². The van der Waals surface area contributed by atoms with Crippen LogP contribution in [0.5, 0.6) is 0 Å². The number of hydrogen-bond donors (Lipinski definition) is 2. The highest BCUT2D eigenvalue weighted by atomic mass is 32.2. The van der Waals surface area contributed by atoms with E-state index in [1.807, 2.05) is 0 Å². The lowest BCUT2D eigenvalue weighted by Gasteiger charge is -2.27. The van der Waals surface area contributed by atoms with Crippen LogP contribution in [0.15, 0.2) is 0 Å². The standard InChI is InChI=1S/C12H25N3S/c1-3-13-4-2-12(1)11-14-5-6-15-7-9-16-10-8-15/h12-14H,1-11H2. The average Bonchev–Trinajstić information content (AvgIpc) is 2.37. The van der Waals surface area contributed by atoms with E-state index in [9.17, 15) is 0 Å². The Morgan fingerprint density at radius 3 is 2.69 bits per heavy atom. The van der Waals surface area contributed by atoms with Crippen molar-refractivity contribution in [1.82, 2.24) is 15.5 Å². The molecule has 0 aromatic carbocycles. The summed E-state index contributed by atoms with van der Waals surface area (Å²) >= 11 is 2.09.